The van der Waals surface area contributed by atoms with E-state index < -0.39 is 0 Å². The Labute approximate surface area is 128 Å². The van der Waals surface area contributed by atoms with Gasteiger partial charge in [-0.05, 0) is 44.7 Å². The van der Waals surface area contributed by atoms with Crippen LogP contribution in [0.3, 0.4) is 0 Å². The summed E-state index contributed by atoms with van der Waals surface area (Å²) >= 11 is 0. The molecule has 2 atom stereocenters. The van der Waals surface area contributed by atoms with Gasteiger partial charge in [-0.1, -0.05) is 32.0 Å². The van der Waals surface area contributed by atoms with E-state index >= 15 is 0 Å². The maximum atomic E-state index is 14.1. The van der Waals surface area contributed by atoms with Crippen molar-refractivity contribution in [1.29, 1.82) is 0 Å². The molecule has 0 bridgehead atoms. The molecule has 1 aliphatic heterocycles. The second-order valence-corrected chi connectivity index (χ2v) is 7.06. The van der Waals surface area contributed by atoms with Crippen LogP contribution in [0, 0.1) is 5.82 Å². The van der Waals surface area contributed by atoms with Crippen LogP contribution in [0.15, 0.2) is 24.3 Å². The lowest BCUT2D eigenvalue weighted by molar-refractivity contribution is -0.0210. The molecule has 1 aromatic carbocycles. The number of hydrogen-bond acceptors (Lipinski definition) is 2. The van der Waals surface area contributed by atoms with E-state index in [9.17, 15) is 4.39 Å². The smallest absolute Gasteiger partial charge is 0.126 e. The van der Waals surface area contributed by atoms with Crippen LogP contribution in [0.5, 0.6) is 0 Å². The van der Waals surface area contributed by atoms with Crippen molar-refractivity contribution in [3.8, 4) is 0 Å². The Morgan fingerprint density at radius 3 is 2.62 bits per heavy atom. The van der Waals surface area contributed by atoms with E-state index in [0.29, 0.717) is 6.04 Å². The lowest BCUT2D eigenvalue weighted by Gasteiger charge is -2.25. The van der Waals surface area contributed by atoms with Crippen LogP contribution in [0.4, 0.5) is 4.39 Å². The summed E-state index contributed by atoms with van der Waals surface area (Å²) in [6.07, 6.45) is 3.27. The number of hydrogen-bond donors (Lipinski definition) is 1. The van der Waals surface area contributed by atoms with Crippen molar-refractivity contribution >= 4 is 0 Å². The van der Waals surface area contributed by atoms with E-state index in [2.05, 4.69) is 33.0 Å². The molecule has 0 aliphatic carbocycles. The molecule has 3 heteroatoms. The second-order valence-electron chi connectivity index (χ2n) is 7.06. The Bertz CT molecular complexity index is 458. The molecule has 2 unspecified atom stereocenters. The molecule has 0 amide bonds. The first-order valence-electron chi connectivity index (χ1n) is 8.03. The number of ether oxygens (including phenoxy) is 1. The zero-order valence-electron chi connectivity index (χ0n) is 13.7. The van der Waals surface area contributed by atoms with E-state index in [1.165, 1.54) is 0 Å². The van der Waals surface area contributed by atoms with E-state index in [4.69, 9.17) is 4.74 Å². The van der Waals surface area contributed by atoms with Crippen molar-refractivity contribution in [2.75, 3.05) is 6.54 Å². The number of rotatable bonds is 6. The first kappa shape index (κ1) is 16.4. The molecule has 118 valence electrons. The van der Waals surface area contributed by atoms with Gasteiger partial charge in [-0.2, -0.15) is 0 Å². The quantitative estimate of drug-likeness (QED) is 0.846. The maximum absolute atomic E-state index is 14.1. The molecular weight excluding hydrogens is 265 g/mol. The third kappa shape index (κ3) is 4.79. The summed E-state index contributed by atoms with van der Waals surface area (Å²) in [6, 6.07) is 7.53. The molecule has 1 N–H and O–H groups in total. The van der Waals surface area contributed by atoms with Gasteiger partial charge in [0, 0.05) is 18.5 Å². The highest BCUT2D eigenvalue weighted by molar-refractivity contribution is 5.22. The van der Waals surface area contributed by atoms with Gasteiger partial charge in [0.1, 0.15) is 5.82 Å². The third-order valence-corrected chi connectivity index (χ3v) is 4.22. The third-order valence-electron chi connectivity index (χ3n) is 4.22. The molecule has 0 spiro atoms. The van der Waals surface area contributed by atoms with Gasteiger partial charge < -0.3 is 10.1 Å². The maximum Gasteiger partial charge on any atom is 0.126 e. The van der Waals surface area contributed by atoms with Gasteiger partial charge in [-0.15, -0.1) is 0 Å². The highest BCUT2D eigenvalue weighted by atomic mass is 19.1. The lowest BCUT2D eigenvalue weighted by Crippen LogP contribution is -2.30. The van der Waals surface area contributed by atoms with Gasteiger partial charge in [0.15, 0.2) is 0 Å². The molecular formula is C18H28FNO. The molecule has 21 heavy (non-hydrogen) atoms. The Hall–Kier alpha value is -0.930. The van der Waals surface area contributed by atoms with Gasteiger partial charge in [-0.3, -0.25) is 0 Å². The van der Waals surface area contributed by atoms with Crippen LogP contribution >= 0.6 is 0 Å². The topological polar surface area (TPSA) is 21.3 Å². The molecule has 0 saturated carbocycles. The molecule has 2 rings (SSSR count). The Morgan fingerprint density at radius 1 is 1.33 bits per heavy atom. The lowest BCUT2D eigenvalue weighted by atomic mass is 9.91. The highest BCUT2D eigenvalue weighted by Gasteiger charge is 2.33. The summed E-state index contributed by atoms with van der Waals surface area (Å²) < 4.78 is 20.2. The number of benzene rings is 1. The average molecular weight is 293 g/mol. The van der Waals surface area contributed by atoms with Gasteiger partial charge in [0.2, 0.25) is 0 Å². The summed E-state index contributed by atoms with van der Waals surface area (Å²) in [5.74, 6) is 0.0535. The normalized spacial score (nSPS) is 22.7. The molecule has 0 aromatic heterocycles. The Kier molecular flexibility index (Phi) is 5.39. The van der Waals surface area contributed by atoms with Crippen LogP contribution in [0.1, 0.15) is 58.4 Å². The van der Waals surface area contributed by atoms with E-state index in [0.717, 1.165) is 31.4 Å². The highest BCUT2D eigenvalue weighted by Crippen LogP contribution is 2.35. The first-order valence-corrected chi connectivity index (χ1v) is 8.03. The van der Waals surface area contributed by atoms with Crippen LogP contribution in [-0.4, -0.2) is 24.3 Å². The Balaban J connectivity index is 2.07. The number of nitrogens with one attached hydrogen (secondary N) is 1. The summed E-state index contributed by atoms with van der Waals surface area (Å²) in [4.78, 5) is 0. The minimum atomic E-state index is -0.106. The summed E-state index contributed by atoms with van der Waals surface area (Å²) in [7, 11) is 0. The predicted octanol–water partition coefficient (Wildman–Crippen LogP) is 4.26. The van der Waals surface area contributed by atoms with Crippen molar-refractivity contribution in [2.45, 2.75) is 70.6 Å². The SMILES string of the molecule is CC(C)NCC(CC1CCC(C)(C)O1)c1ccccc1F. The predicted molar refractivity (Wildman–Crippen MR) is 85.1 cm³/mol. The average Bonchev–Trinajstić information content (AvgIpc) is 2.74. The summed E-state index contributed by atoms with van der Waals surface area (Å²) in [5.41, 5.74) is 0.773. The molecule has 2 nitrogen and oxygen atoms in total. The van der Waals surface area contributed by atoms with Gasteiger partial charge >= 0.3 is 0 Å². The molecule has 1 aliphatic rings. The largest absolute Gasteiger partial charge is 0.372 e. The standard InChI is InChI=1S/C18H28FNO/c1-13(2)20-12-14(16-7-5-6-8-17(16)19)11-15-9-10-18(3,4)21-15/h5-8,13-15,20H,9-12H2,1-4H3. The van der Waals surface area contributed by atoms with Crippen molar-refractivity contribution < 1.29 is 9.13 Å². The van der Waals surface area contributed by atoms with Gasteiger partial charge in [-0.25, -0.2) is 4.39 Å². The van der Waals surface area contributed by atoms with Crippen molar-refractivity contribution in [3.05, 3.63) is 35.6 Å². The van der Waals surface area contributed by atoms with Crippen molar-refractivity contribution in [3.63, 3.8) is 0 Å². The first-order chi connectivity index (χ1) is 9.87. The van der Waals surface area contributed by atoms with Crippen LogP contribution in [0.2, 0.25) is 0 Å². The minimum absolute atomic E-state index is 0.0318. The fraction of sp³-hybridized carbons (Fsp3) is 0.667. The van der Waals surface area contributed by atoms with E-state index in [-0.39, 0.29) is 23.4 Å². The monoisotopic (exact) mass is 293 g/mol. The van der Waals surface area contributed by atoms with Crippen molar-refractivity contribution in [2.24, 2.45) is 0 Å². The van der Waals surface area contributed by atoms with E-state index in [1.54, 1.807) is 12.1 Å². The molecule has 1 fully saturated rings. The fourth-order valence-electron chi connectivity index (χ4n) is 3.07. The van der Waals surface area contributed by atoms with E-state index in [1.807, 2.05) is 12.1 Å². The summed E-state index contributed by atoms with van der Waals surface area (Å²) in [6.45, 7) is 9.30. The zero-order valence-corrected chi connectivity index (χ0v) is 13.7. The number of halogens is 1. The Morgan fingerprint density at radius 2 is 2.05 bits per heavy atom. The molecule has 1 heterocycles. The van der Waals surface area contributed by atoms with Gasteiger partial charge in [0.25, 0.3) is 0 Å². The molecule has 1 aromatic rings. The second kappa shape index (κ2) is 6.89. The minimum Gasteiger partial charge on any atom is -0.372 e. The van der Waals surface area contributed by atoms with Crippen LogP contribution < -0.4 is 5.32 Å². The molecule has 0 radical (unpaired) electrons. The zero-order chi connectivity index (χ0) is 15.5. The van der Waals surface area contributed by atoms with Crippen molar-refractivity contribution in [1.82, 2.24) is 5.32 Å². The van der Waals surface area contributed by atoms with Crippen LogP contribution in [0.25, 0.3) is 0 Å². The summed E-state index contributed by atoms with van der Waals surface area (Å²) in [5, 5.41) is 3.44. The fourth-order valence-corrected chi connectivity index (χ4v) is 3.07. The van der Waals surface area contributed by atoms with Gasteiger partial charge in [0.05, 0.1) is 11.7 Å². The van der Waals surface area contributed by atoms with Crippen LogP contribution in [-0.2, 0) is 4.74 Å². The molecule has 1 saturated heterocycles.